The monoisotopic (exact) mass is 426 g/mol. The van der Waals surface area contributed by atoms with E-state index in [9.17, 15) is 9.59 Å². The van der Waals surface area contributed by atoms with E-state index in [1.807, 2.05) is 55.5 Å². The molecule has 31 heavy (non-hydrogen) atoms. The Morgan fingerprint density at radius 3 is 2.29 bits per heavy atom. The highest BCUT2D eigenvalue weighted by Crippen LogP contribution is 2.22. The lowest BCUT2D eigenvalue weighted by Gasteiger charge is -2.32. The number of amides is 2. The van der Waals surface area contributed by atoms with Gasteiger partial charge in [0.05, 0.1) is 12.8 Å². The zero-order valence-corrected chi connectivity index (χ0v) is 18.7. The van der Waals surface area contributed by atoms with Gasteiger partial charge in [0.2, 0.25) is 0 Å². The molecule has 166 valence electrons. The third kappa shape index (κ3) is 6.06. The molecule has 0 radical (unpaired) electrons. The number of methoxy groups -OCH3 is 1. The molecule has 2 amide bonds. The topological polar surface area (TPSA) is 76.3 Å². The van der Waals surface area contributed by atoms with Crippen molar-refractivity contribution in [3.8, 4) is 5.75 Å². The van der Waals surface area contributed by atoms with Crippen LogP contribution in [0, 0.1) is 0 Å². The third-order valence-electron chi connectivity index (χ3n) is 6.05. The summed E-state index contributed by atoms with van der Waals surface area (Å²) in [4.78, 5) is 27.8. The largest absolute Gasteiger partial charge is 0.495 e. The number of nitrogens with one attached hydrogen (secondary N) is 4. The predicted octanol–water partition coefficient (Wildman–Crippen LogP) is 0.00670. The molecule has 0 aliphatic carbocycles. The van der Waals surface area contributed by atoms with Crippen molar-refractivity contribution in [2.24, 2.45) is 0 Å². The van der Waals surface area contributed by atoms with Gasteiger partial charge in [-0.15, -0.1) is 0 Å². The fourth-order valence-corrected chi connectivity index (χ4v) is 4.08. The van der Waals surface area contributed by atoms with Gasteiger partial charge < -0.3 is 25.2 Å². The molecule has 1 atom stereocenters. The summed E-state index contributed by atoms with van der Waals surface area (Å²) in [5.41, 5.74) is 2.74. The molecule has 7 nitrogen and oxygen atoms in total. The van der Waals surface area contributed by atoms with Crippen LogP contribution in [0.15, 0.2) is 48.5 Å². The molecule has 1 heterocycles. The molecule has 2 aromatic rings. The Labute approximate surface area is 184 Å². The van der Waals surface area contributed by atoms with Crippen LogP contribution in [0.25, 0.3) is 0 Å². The van der Waals surface area contributed by atoms with Crippen LogP contribution in [0.2, 0.25) is 0 Å². The first-order valence-corrected chi connectivity index (χ1v) is 11.0. The Morgan fingerprint density at radius 1 is 0.968 bits per heavy atom. The number of aryl methyl sites for hydroxylation is 1. The van der Waals surface area contributed by atoms with Gasteiger partial charge in [-0.1, -0.05) is 37.3 Å². The molecule has 7 heteroatoms. The van der Waals surface area contributed by atoms with Crippen molar-refractivity contribution < 1.29 is 24.1 Å². The van der Waals surface area contributed by atoms with Gasteiger partial charge >= 0.3 is 0 Å². The van der Waals surface area contributed by atoms with Crippen LogP contribution in [0.3, 0.4) is 0 Å². The molecule has 0 aromatic heterocycles. The molecule has 1 aliphatic heterocycles. The normalized spacial score (nSPS) is 19.3. The van der Waals surface area contributed by atoms with Crippen molar-refractivity contribution in [3.05, 3.63) is 54.1 Å². The Hall–Kier alpha value is -2.90. The van der Waals surface area contributed by atoms with E-state index < -0.39 is 0 Å². The fraction of sp³-hybridized carbons (Fsp3) is 0.417. The van der Waals surface area contributed by atoms with E-state index in [0.717, 1.165) is 43.9 Å². The van der Waals surface area contributed by atoms with E-state index in [4.69, 9.17) is 4.74 Å². The molecule has 3 rings (SSSR count). The van der Waals surface area contributed by atoms with Crippen LogP contribution >= 0.6 is 0 Å². The van der Waals surface area contributed by atoms with Crippen molar-refractivity contribution in [2.45, 2.75) is 26.3 Å². The first kappa shape index (κ1) is 22.8. The Kier molecular flexibility index (Phi) is 8.03. The van der Waals surface area contributed by atoms with Crippen LogP contribution in [0.4, 0.5) is 11.4 Å². The number of para-hydroxylation sites is 3. The minimum atomic E-state index is -0.170. The molecular formula is C24H34N4O3+2. The highest BCUT2D eigenvalue weighted by molar-refractivity contribution is 5.95. The maximum atomic E-state index is 12.7. The number of carbonyl (C=O) groups excluding carboxylic acids is 2. The molecule has 0 bridgehead atoms. The standard InChI is InChI=1S/C24H32N4O3/c1-4-19-9-5-6-10-20(19)25-23(29)17-27-13-15-28(16-14-27)18(2)24(30)26-21-11-7-8-12-22(21)31-3/h5-12,18H,4,13-17H2,1-3H3,(H,25,29)(H,26,30)/p+2/t18-/m0/s1. The van der Waals surface area contributed by atoms with Crippen molar-refractivity contribution in [1.29, 1.82) is 0 Å². The van der Waals surface area contributed by atoms with Crippen molar-refractivity contribution in [2.75, 3.05) is 50.5 Å². The molecule has 0 spiro atoms. The number of benzene rings is 2. The number of carbonyl (C=O) groups is 2. The minimum absolute atomic E-state index is 0.0168. The zero-order chi connectivity index (χ0) is 22.2. The number of anilines is 2. The summed E-state index contributed by atoms with van der Waals surface area (Å²) in [6, 6.07) is 15.2. The molecule has 4 N–H and O–H groups in total. The molecule has 1 aliphatic rings. The first-order chi connectivity index (χ1) is 15.0. The first-order valence-electron chi connectivity index (χ1n) is 11.0. The summed E-state index contributed by atoms with van der Waals surface area (Å²) in [6.45, 7) is 7.94. The van der Waals surface area contributed by atoms with Crippen LogP contribution in [-0.2, 0) is 16.0 Å². The summed E-state index contributed by atoms with van der Waals surface area (Å²) >= 11 is 0. The lowest BCUT2D eigenvalue weighted by atomic mass is 10.1. The quantitative estimate of drug-likeness (QED) is 0.480. The highest BCUT2D eigenvalue weighted by Gasteiger charge is 2.32. The lowest BCUT2D eigenvalue weighted by Crippen LogP contribution is -3.30. The number of ether oxygens (including phenoxy) is 1. The second kappa shape index (κ2) is 10.9. The fourth-order valence-electron chi connectivity index (χ4n) is 4.08. The van der Waals surface area contributed by atoms with Gasteiger partial charge in [0, 0.05) is 5.69 Å². The summed E-state index contributed by atoms with van der Waals surface area (Å²) in [6.07, 6.45) is 0.889. The minimum Gasteiger partial charge on any atom is -0.495 e. The van der Waals surface area contributed by atoms with E-state index in [1.165, 1.54) is 9.80 Å². The van der Waals surface area contributed by atoms with Gasteiger partial charge in [0.1, 0.15) is 31.9 Å². The molecule has 0 unspecified atom stereocenters. The molecule has 2 aromatic carbocycles. The van der Waals surface area contributed by atoms with Gasteiger partial charge in [-0.05, 0) is 37.1 Å². The Balaban J connectivity index is 1.47. The average Bonchev–Trinajstić information content (AvgIpc) is 2.79. The number of hydrogen-bond donors (Lipinski definition) is 4. The summed E-state index contributed by atoms with van der Waals surface area (Å²) < 4.78 is 5.32. The number of hydrogen-bond acceptors (Lipinski definition) is 3. The highest BCUT2D eigenvalue weighted by atomic mass is 16.5. The molecule has 0 saturated carbocycles. The van der Waals surface area contributed by atoms with Gasteiger partial charge in [0.25, 0.3) is 11.8 Å². The average molecular weight is 427 g/mol. The van der Waals surface area contributed by atoms with Crippen LogP contribution in [0.1, 0.15) is 19.4 Å². The summed E-state index contributed by atoms with van der Waals surface area (Å²) in [5, 5.41) is 6.04. The van der Waals surface area contributed by atoms with E-state index in [1.54, 1.807) is 7.11 Å². The second-order valence-electron chi connectivity index (χ2n) is 8.06. The lowest BCUT2D eigenvalue weighted by molar-refractivity contribution is -1.01. The number of quaternary nitrogens is 2. The van der Waals surface area contributed by atoms with Crippen LogP contribution in [0.5, 0.6) is 5.75 Å². The van der Waals surface area contributed by atoms with Crippen LogP contribution in [-0.4, -0.2) is 57.7 Å². The Bertz CT molecular complexity index is 894. The summed E-state index contributed by atoms with van der Waals surface area (Å²) in [5.74, 6) is 0.682. The number of rotatable bonds is 8. The van der Waals surface area contributed by atoms with Crippen LogP contribution < -0.4 is 25.2 Å². The Morgan fingerprint density at radius 2 is 1.61 bits per heavy atom. The maximum Gasteiger partial charge on any atom is 0.282 e. The van der Waals surface area contributed by atoms with E-state index in [2.05, 4.69) is 17.6 Å². The summed E-state index contributed by atoms with van der Waals surface area (Å²) in [7, 11) is 1.60. The van der Waals surface area contributed by atoms with E-state index >= 15 is 0 Å². The maximum absolute atomic E-state index is 12.7. The smallest absolute Gasteiger partial charge is 0.282 e. The van der Waals surface area contributed by atoms with Gasteiger partial charge in [0.15, 0.2) is 12.6 Å². The number of piperazine rings is 1. The van der Waals surface area contributed by atoms with Crippen molar-refractivity contribution in [3.63, 3.8) is 0 Å². The molecular weight excluding hydrogens is 392 g/mol. The predicted molar refractivity (Wildman–Crippen MR) is 122 cm³/mol. The van der Waals surface area contributed by atoms with E-state index in [-0.39, 0.29) is 17.9 Å². The third-order valence-corrected chi connectivity index (χ3v) is 6.05. The van der Waals surface area contributed by atoms with Gasteiger partial charge in [-0.2, -0.15) is 0 Å². The van der Waals surface area contributed by atoms with Gasteiger partial charge in [-0.3, -0.25) is 9.59 Å². The second-order valence-corrected chi connectivity index (χ2v) is 8.06. The van der Waals surface area contributed by atoms with E-state index in [0.29, 0.717) is 18.0 Å². The van der Waals surface area contributed by atoms with Crippen molar-refractivity contribution in [1.82, 2.24) is 0 Å². The van der Waals surface area contributed by atoms with Gasteiger partial charge in [-0.25, -0.2) is 0 Å². The molecule has 1 fully saturated rings. The molecule has 1 saturated heterocycles. The zero-order valence-electron chi connectivity index (χ0n) is 18.7. The SMILES string of the molecule is CCc1ccccc1NC(=O)C[NH+]1CC[NH+]([C@@H](C)C(=O)Nc2ccccc2OC)CC1. The van der Waals surface area contributed by atoms with Crippen molar-refractivity contribution >= 4 is 23.2 Å².